The quantitative estimate of drug-likeness (QED) is 0.544. The van der Waals surface area contributed by atoms with Gasteiger partial charge in [0.1, 0.15) is 5.25 Å². The molecule has 1 heterocycles. The molecule has 4 unspecified atom stereocenters. The third-order valence-electron chi connectivity index (χ3n) is 7.54. The van der Waals surface area contributed by atoms with Crippen molar-refractivity contribution in [2.45, 2.75) is 68.7 Å². The first-order valence-corrected chi connectivity index (χ1v) is 12.9. The van der Waals surface area contributed by atoms with Gasteiger partial charge in [-0.1, -0.05) is 23.7 Å². The van der Waals surface area contributed by atoms with Crippen molar-refractivity contribution in [2.75, 3.05) is 6.54 Å². The molecular formula is C23H29ClN2O4S. The van der Waals surface area contributed by atoms with Gasteiger partial charge in [0.2, 0.25) is 5.91 Å². The van der Waals surface area contributed by atoms with Crippen molar-refractivity contribution in [2.24, 2.45) is 17.3 Å². The summed E-state index contributed by atoms with van der Waals surface area (Å²) in [6.07, 6.45) is 6.57. The van der Waals surface area contributed by atoms with E-state index in [1.807, 2.05) is 29.2 Å². The molecule has 0 spiro atoms. The maximum Gasteiger partial charge on any atom is 0.310 e. The van der Waals surface area contributed by atoms with E-state index in [1.54, 1.807) is 0 Å². The summed E-state index contributed by atoms with van der Waals surface area (Å²) in [6.45, 7) is 0.496. The molecule has 0 bridgehead atoms. The molecule has 168 valence electrons. The van der Waals surface area contributed by atoms with E-state index in [4.69, 9.17) is 11.6 Å². The van der Waals surface area contributed by atoms with E-state index in [2.05, 4.69) is 4.72 Å². The number of amides is 1. The first-order chi connectivity index (χ1) is 14.9. The van der Waals surface area contributed by atoms with Gasteiger partial charge in [0.05, 0.1) is 30.0 Å². The Morgan fingerprint density at radius 3 is 2.42 bits per heavy atom. The van der Waals surface area contributed by atoms with Crippen LogP contribution in [0.2, 0.25) is 5.02 Å². The van der Waals surface area contributed by atoms with Crippen molar-refractivity contribution >= 4 is 34.8 Å². The lowest BCUT2D eigenvalue weighted by atomic mass is 9.77. The van der Waals surface area contributed by atoms with Crippen LogP contribution in [0.3, 0.4) is 0 Å². The van der Waals surface area contributed by atoms with Crippen molar-refractivity contribution in [3.8, 4) is 0 Å². The van der Waals surface area contributed by atoms with Crippen molar-refractivity contribution in [3.63, 3.8) is 0 Å². The largest absolute Gasteiger partial charge is 0.598 e. The van der Waals surface area contributed by atoms with Crippen molar-refractivity contribution in [1.82, 2.24) is 9.62 Å². The molecule has 3 saturated carbocycles. The maximum absolute atomic E-state index is 13.9. The molecule has 0 aromatic heterocycles. The first-order valence-electron chi connectivity index (χ1n) is 11.4. The summed E-state index contributed by atoms with van der Waals surface area (Å²) in [7, 11) is 0. The summed E-state index contributed by atoms with van der Waals surface area (Å²) in [4.78, 5) is 27.8. The van der Waals surface area contributed by atoms with E-state index < -0.39 is 28.7 Å². The Morgan fingerprint density at radius 1 is 1.19 bits per heavy atom. The van der Waals surface area contributed by atoms with E-state index in [-0.39, 0.29) is 23.2 Å². The zero-order valence-electron chi connectivity index (χ0n) is 17.5. The number of hydrogen-bond donors (Lipinski definition) is 2. The molecule has 1 saturated heterocycles. The Balaban J connectivity index is 1.44. The molecule has 1 aromatic carbocycles. The number of carbonyl (C=O) groups is 2. The van der Waals surface area contributed by atoms with Gasteiger partial charge in [-0.3, -0.25) is 9.59 Å². The standard InChI is InChI=1S/C23H29ClN2O4S/c24-16-5-3-14(4-6-16)19-10-9-18(23(11-12-23)22(28)29)21(27)26(19)20(15-1-2-15)13-25-31(30)17-7-8-17/h3-6,15,17-20,25H,1-2,7-13H2,(H,28,29). The number of likely N-dealkylation sites (tertiary alicyclic amines) is 1. The van der Waals surface area contributed by atoms with Crippen LogP contribution in [-0.2, 0) is 21.0 Å². The topological polar surface area (TPSA) is 92.7 Å². The van der Waals surface area contributed by atoms with Crippen LogP contribution in [0.1, 0.15) is 63.0 Å². The van der Waals surface area contributed by atoms with Crippen LogP contribution in [0.5, 0.6) is 0 Å². The number of nitrogens with zero attached hydrogens (tertiary/aromatic N) is 1. The van der Waals surface area contributed by atoms with Gasteiger partial charge in [-0.25, -0.2) is 0 Å². The maximum atomic E-state index is 13.9. The minimum atomic E-state index is -1.06. The Labute approximate surface area is 191 Å². The summed E-state index contributed by atoms with van der Waals surface area (Å²) < 4.78 is 15.6. The van der Waals surface area contributed by atoms with E-state index in [0.717, 1.165) is 37.7 Å². The summed E-state index contributed by atoms with van der Waals surface area (Å²) in [6, 6.07) is 7.46. The molecule has 4 aliphatic rings. The molecule has 2 N–H and O–H groups in total. The second-order valence-electron chi connectivity index (χ2n) is 9.65. The molecule has 6 nitrogen and oxygen atoms in total. The summed E-state index contributed by atoms with van der Waals surface area (Å²) >= 11 is 5.03. The highest BCUT2D eigenvalue weighted by atomic mass is 35.5. The van der Waals surface area contributed by atoms with E-state index in [0.29, 0.717) is 36.7 Å². The smallest absolute Gasteiger partial charge is 0.310 e. The van der Waals surface area contributed by atoms with Crippen molar-refractivity contribution < 1.29 is 19.2 Å². The highest BCUT2D eigenvalue weighted by molar-refractivity contribution is 7.90. The van der Waals surface area contributed by atoms with Crippen LogP contribution >= 0.6 is 11.6 Å². The number of halogens is 1. The Bertz CT molecular complexity index is 854. The summed E-state index contributed by atoms with van der Waals surface area (Å²) in [5.41, 5.74) is 0.143. The lowest BCUT2D eigenvalue weighted by Crippen LogP contribution is -2.55. The zero-order valence-corrected chi connectivity index (χ0v) is 19.0. The number of aliphatic carboxylic acids is 1. The highest BCUT2D eigenvalue weighted by Gasteiger charge is 2.61. The zero-order chi connectivity index (χ0) is 21.8. The molecule has 3 aliphatic carbocycles. The first kappa shape index (κ1) is 21.6. The monoisotopic (exact) mass is 464 g/mol. The number of carbonyl (C=O) groups excluding carboxylic acids is 1. The van der Waals surface area contributed by atoms with Gasteiger partial charge in [-0.2, -0.15) is 0 Å². The predicted molar refractivity (Wildman–Crippen MR) is 119 cm³/mol. The fraction of sp³-hybridized carbons (Fsp3) is 0.652. The normalized spacial score (nSPS) is 29.5. The van der Waals surface area contributed by atoms with Crippen LogP contribution < -0.4 is 4.72 Å². The lowest BCUT2D eigenvalue weighted by molar-refractivity contribution is -0.159. The Morgan fingerprint density at radius 2 is 1.87 bits per heavy atom. The molecule has 1 aromatic rings. The van der Waals surface area contributed by atoms with Crippen molar-refractivity contribution in [3.05, 3.63) is 34.9 Å². The van der Waals surface area contributed by atoms with Gasteiger partial charge >= 0.3 is 5.97 Å². The predicted octanol–water partition coefficient (Wildman–Crippen LogP) is 3.68. The Hall–Kier alpha value is -1.28. The second-order valence-corrected chi connectivity index (χ2v) is 11.6. The average Bonchev–Trinajstić information content (AvgIpc) is 3.62. The molecule has 1 amide bonds. The number of hydrogen-bond acceptors (Lipinski definition) is 4. The van der Waals surface area contributed by atoms with Gasteiger partial charge in [0.25, 0.3) is 0 Å². The van der Waals surface area contributed by atoms with Crippen molar-refractivity contribution in [1.29, 1.82) is 0 Å². The third-order valence-corrected chi connectivity index (χ3v) is 9.32. The van der Waals surface area contributed by atoms with Crippen LogP contribution in [0.15, 0.2) is 24.3 Å². The van der Waals surface area contributed by atoms with Gasteiger partial charge in [-0.15, -0.1) is 4.72 Å². The van der Waals surface area contributed by atoms with Gasteiger partial charge in [0.15, 0.2) is 0 Å². The van der Waals surface area contributed by atoms with Gasteiger partial charge in [-0.05, 0) is 62.1 Å². The lowest BCUT2D eigenvalue weighted by Gasteiger charge is -2.46. The molecule has 8 heteroatoms. The molecule has 1 aliphatic heterocycles. The number of nitrogens with one attached hydrogen (secondary N) is 1. The molecule has 31 heavy (non-hydrogen) atoms. The van der Waals surface area contributed by atoms with E-state index in [9.17, 15) is 19.2 Å². The van der Waals surface area contributed by atoms with Crippen LogP contribution in [-0.4, -0.2) is 44.3 Å². The summed E-state index contributed by atoms with van der Waals surface area (Å²) in [5.74, 6) is -0.974. The third kappa shape index (κ3) is 4.22. The van der Waals surface area contributed by atoms with E-state index >= 15 is 0 Å². The molecule has 4 fully saturated rings. The van der Waals surface area contributed by atoms with E-state index in [1.165, 1.54) is 0 Å². The van der Waals surface area contributed by atoms with Crippen LogP contribution in [0.25, 0.3) is 0 Å². The fourth-order valence-electron chi connectivity index (χ4n) is 5.23. The Kier molecular flexibility index (Phi) is 5.74. The molecule has 5 rings (SSSR count). The average molecular weight is 465 g/mol. The SMILES string of the molecule is O=C1C(C2(C(=O)O)CC2)CCC(c2ccc(Cl)cc2)N1C(CN[S+]([O-])C1CC1)C1CC1. The second kappa shape index (κ2) is 8.25. The number of carboxylic acids is 1. The minimum Gasteiger partial charge on any atom is -0.598 e. The molecule has 0 radical (unpaired) electrons. The van der Waals surface area contributed by atoms with Gasteiger partial charge in [0, 0.05) is 29.2 Å². The highest BCUT2D eigenvalue weighted by Crippen LogP contribution is 2.57. The molecule has 4 atom stereocenters. The molecular weight excluding hydrogens is 436 g/mol. The van der Waals surface area contributed by atoms with Crippen LogP contribution in [0.4, 0.5) is 0 Å². The number of rotatable bonds is 9. The van der Waals surface area contributed by atoms with Gasteiger partial charge < -0.3 is 14.6 Å². The number of piperidine rings is 1. The number of carboxylic acid groups (broad SMARTS) is 1. The number of benzene rings is 1. The fourth-order valence-corrected chi connectivity index (χ4v) is 6.49. The summed E-state index contributed by atoms with van der Waals surface area (Å²) in [5, 5.41) is 10.7. The van der Waals surface area contributed by atoms with Crippen LogP contribution in [0, 0.1) is 17.3 Å². The minimum absolute atomic E-state index is 0.0398.